The quantitative estimate of drug-likeness (QED) is 0.538. The van der Waals surface area contributed by atoms with E-state index in [1.807, 2.05) is 0 Å². The van der Waals surface area contributed by atoms with Gasteiger partial charge in [0.1, 0.15) is 24.8 Å². The molecule has 0 bridgehead atoms. The summed E-state index contributed by atoms with van der Waals surface area (Å²) in [5.74, 6) is -0.213. The maximum atomic E-state index is 14.0. The summed E-state index contributed by atoms with van der Waals surface area (Å²) in [5.41, 5.74) is 0.197. The van der Waals surface area contributed by atoms with Crippen molar-refractivity contribution in [1.82, 2.24) is 0 Å². The van der Waals surface area contributed by atoms with Crippen LogP contribution in [-0.4, -0.2) is 34.1 Å². The molecule has 172 valence electrons. The van der Waals surface area contributed by atoms with Crippen molar-refractivity contribution < 1.29 is 31.8 Å². The Bertz CT molecular complexity index is 1300. The fraction of sp³-hybridized carbons (Fsp3) is 0.174. The van der Waals surface area contributed by atoms with Crippen LogP contribution in [0.25, 0.3) is 0 Å². The molecule has 3 aromatic carbocycles. The number of rotatable bonds is 7. The molecular formula is C23H21FN2O6S. The molecule has 1 aliphatic rings. The number of carbonyl (C=O) groups excluding carboxylic acids is 1. The lowest BCUT2D eigenvalue weighted by atomic mass is 10.2. The van der Waals surface area contributed by atoms with E-state index in [0.29, 0.717) is 24.7 Å². The molecule has 4 rings (SSSR count). The maximum absolute atomic E-state index is 14.0. The van der Waals surface area contributed by atoms with Gasteiger partial charge in [0.05, 0.1) is 28.4 Å². The summed E-state index contributed by atoms with van der Waals surface area (Å²) in [5, 5.41) is 2.54. The van der Waals surface area contributed by atoms with E-state index >= 15 is 0 Å². The Morgan fingerprint density at radius 2 is 1.79 bits per heavy atom. The Labute approximate surface area is 190 Å². The smallest absolute Gasteiger partial charge is 0.261 e. The number of ether oxygens (including phenoxy) is 3. The number of halogens is 1. The van der Waals surface area contributed by atoms with Gasteiger partial charge in [-0.15, -0.1) is 0 Å². The van der Waals surface area contributed by atoms with Crippen LogP contribution in [0.4, 0.5) is 15.8 Å². The van der Waals surface area contributed by atoms with E-state index in [2.05, 4.69) is 10.0 Å². The molecule has 0 spiro atoms. The minimum Gasteiger partial charge on any atom is -0.492 e. The fourth-order valence-corrected chi connectivity index (χ4v) is 4.29. The highest BCUT2D eigenvalue weighted by Crippen LogP contribution is 2.34. The van der Waals surface area contributed by atoms with Gasteiger partial charge in [0, 0.05) is 6.07 Å². The molecule has 3 aromatic rings. The first kappa shape index (κ1) is 22.4. The molecule has 1 heterocycles. The molecule has 1 amide bonds. The number of sulfonamides is 1. The third-order valence-corrected chi connectivity index (χ3v) is 6.10. The second-order valence-corrected chi connectivity index (χ2v) is 8.67. The van der Waals surface area contributed by atoms with Crippen LogP contribution in [0.15, 0.2) is 65.6 Å². The number of benzene rings is 3. The summed E-state index contributed by atoms with van der Waals surface area (Å²) >= 11 is 0. The monoisotopic (exact) mass is 472 g/mol. The third-order valence-electron chi connectivity index (χ3n) is 4.72. The maximum Gasteiger partial charge on any atom is 0.261 e. The minimum absolute atomic E-state index is 0.0927. The van der Waals surface area contributed by atoms with Crippen molar-refractivity contribution in [3.8, 4) is 17.2 Å². The second-order valence-electron chi connectivity index (χ2n) is 6.99. The van der Waals surface area contributed by atoms with Crippen LogP contribution in [0, 0.1) is 5.82 Å². The largest absolute Gasteiger partial charge is 0.492 e. The Kier molecular flexibility index (Phi) is 6.36. The van der Waals surface area contributed by atoms with E-state index in [0.717, 1.165) is 6.07 Å². The lowest BCUT2D eigenvalue weighted by molar-refractivity contribution is 0.102. The normalized spacial score (nSPS) is 12.7. The topological polar surface area (TPSA) is 103 Å². The number of carbonyl (C=O) groups is 1. The number of nitrogens with one attached hydrogen (secondary N) is 2. The molecular weight excluding hydrogens is 451 g/mol. The Hall–Kier alpha value is -3.79. The highest BCUT2D eigenvalue weighted by atomic mass is 32.2. The highest BCUT2D eigenvalue weighted by Gasteiger charge is 2.21. The first-order valence-corrected chi connectivity index (χ1v) is 11.6. The summed E-state index contributed by atoms with van der Waals surface area (Å²) in [7, 11) is -4.03. The predicted octanol–water partition coefficient (Wildman–Crippen LogP) is 4.05. The van der Waals surface area contributed by atoms with Crippen LogP contribution >= 0.6 is 0 Å². The zero-order chi connectivity index (χ0) is 23.4. The summed E-state index contributed by atoms with van der Waals surface area (Å²) < 4.78 is 58.9. The first-order valence-electron chi connectivity index (χ1n) is 10.1. The number of hydrogen-bond donors (Lipinski definition) is 2. The van der Waals surface area contributed by atoms with E-state index in [4.69, 9.17) is 14.2 Å². The van der Waals surface area contributed by atoms with Crippen molar-refractivity contribution in [3.05, 3.63) is 72.0 Å². The molecule has 0 radical (unpaired) electrons. The number of fused-ring (bicyclic) bond motifs is 1. The van der Waals surface area contributed by atoms with Crippen LogP contribution in [0.2, 0.25) is 0 Å². The van der Waals surface area contributed by atoms with Gasteiger partial charge in [-0.1, -0.05) is 12.1 Å². The van der Waals surface area contributed by atoms with Crippen molar-refractivity contribution in [3.63, 3.8) is 0 Å². The van der Waals surface area contributed by atoms with Crippen LogP contribution < -0.4 is 24.2 Å². The summed E-state index contributed by atoms with van der Waals surface area (Å²) in [6.07, 6.45) is 0. The van der Waals surface area contributed by atoms with Gasteiger partial charge in [0.2, 0.25) is 0 Å². The highest BCUT2D eigenvalue weighted by molar-refractivity contribution is 7.92. The summed E-state index contributed by atoms with van der Waals surface area (Å²) in [6.45, 7) is 2.82. The van der Waals surface area contributed by atoms with Crippen molar-refractivity contribution in [1.29, 1.82) is 0 Å². The van der Waals surface area contributed by atoms with Crippen LogP contribution in [0.5, 0.6) is 17.2 Å². The Morgan fingerprint density at radius 1 is 1.03 bits per heavy atom. The van der Waals surface area contributed by atoms with Crippen molar-refractivity contribution >= 4 is 27.3 Å². The molecule has 0 saturated carbocycles. The lowest BCUT2D eigenvalue weighted by Gasteiger charge is -2.19. The van der Waals surface area contributed by atoms with E-state index in [-0.39, 0.29) is 34.2 Å². The zero-order valence-corrected chi connectivity index (χ0v) is 18.4. The number of anilines is 2. The molecule has 8 nitrogen and oxygen atoms in total. The summed E-state index contributed by atoms with van der Waals surface area (Å²) in [6, 6.07) is 14.2. The van der Waals surface area contributed by atoms with E-state index in [1.54, 1.807) is 19.1 Å². The first-order chi connectivity index (χ1) is 15.9. The van der Waals surface area contributed by atoms with Gasteiger partial charge in [-0.05, 0) is 49.4 Å². The van der Waals surface area contributed by atoms with Gasteiger partial charge in [-0.2, -0.15) is 0 Å². The second kappa shape index (κ2) is 9.37. The Morgan fingerprint density at radius 3 is 2.55 bits per heavy atom. The average molecular weight is 472 g/mol. The molecule has 33 heavy (non-hydrogen) atoms. The van der Waals surface area contributed by atoms with Crippen LogP contribution in [-0.2, 0) is 10.0 Å². The molecule has 10 heteroatoms. The van der Waals surface area contributed by atoms with Crippen molar-refractivity contribution in [2.24, 2.45) is 0 Å². The molecule has 0 atom stereocenters. The van der Waals surface area contributed by atoms with Gasteiger partial charge in [-0.25, -0.2) is 12.8 Å². The third kappa shape index (κ3) is 5.01. The predicted molar refractivity (Wildman–Crippen MR) is 120 cm³/mol. The Balaban J connectivity index is 1.62. The van der Waals surface area contributed by atoms with E-state index in [9.17, 15) is 17.6 Å². The number of amides is 1. The SMILES string of the molecule is CCOc1ccc(S(=O)(=O)Nc2ccc3c(c2)OCCO3)cc1NC(=O)c1ccccc1F. The zero-order valence-electron chi connectivity index (χ0n) is 17.6. The molecule has 0 saturated heterocycles. The van der Waals surface area contributed by atoms with Gasteiger partial charge < -0.3 is 19.5 Å². The summed E-state index contributed by atoms with van der Waals surface area (Å²) in [4.78, 5) is 12.5. The van der Waals surface area contributed by atoms with Crippen molar-refractivity contribution in [2.75, 3.05) is 29.9 Å². The molecule has 2 N–H and O–H groups in total. The van der Waals surface area contributed by atoms with Crippen LogP contribution in [0.1, 0.15) is 17.3 Å². The molecule has 0 unspecified atom stereocenters. The van der Waals surface area contributed by atoms with Crippen molar-refractivity contribution in [2.45, 2.75) is 11.8 Å². The number of hydrogen-bond acceptors (Lipinski definition) is 6. The molecule has 0 fully saturated rings. The van der Waals surface area contributed by atoms with Gasteiger partial charge in [0.25, 0.3) is 15.9 Å². The van der Waals surface area contributed by atoms with Gasteiger partial charge in [0.15, 0.2) is 11.5 Å². The van der Waals surface area contributed by atoms with Gasteiger partial charge >= 0.3 is 0 Å². The molecule has 0 aromatic heterocycles. The van der Waals surface area contributed by atoms with E-state index in [1.165, 1.54) is 42.5 Å². The van der Waals surface area contributed by atoms with E-state index < -0.39 is 21.7 Å². The lowest BCUT2D eigenvalue weighted by Crippen LogP contribution is -2.18. The molecule has 1 aliphatic heterocycles. The minimum atomic E-state index is -4.03. The van der Waals surface area contributed by atoms with Crippen LogP contribution in [0.3, 0.4) is 0 Å². The average Bonchev–Trinajstić information content (AvgIpc) is 2.80. The standard InChI is InChI=1S/C23H21FN2O6S/c1-2-30-20-10-8-16(14-19(20)25-23(27)17-5-3-4-6-18(17)24)33(28,29)26-15-7-9-21-22(13-15)32-12-11-31-21/h3-10,13-14,26H,2,11-12H2,1H3,(H,25,27). The molecule has 0 aliphatic carbocycles. The fourth-order valence-electron chi connectivity index (χ4n) is 3.21. The van der Waals surface area contributed by atoms with Gasteiger partial charge in [-0.3, -0.25) is 9.52 Å².